The van der Waals surface area contributed by atoms with Crippen LogP contribution < -0.4 is 10.2 Å². The molecule has 29 heavy (non-hydrogen) atoms. The lowest BCUT2D eigenvalue weighted by atomic mass is 9.97. The van der Waals surface area contributed by atoms with Crippen molar-refractivity contribution >= 4 is 15.9 Å². The SMILES string of the molecule is Cc1ccc(S(=O)(=O)N2CC[NH+]([C@H](C)C(=O)NCCC3=CCCCC3)CC2)cc1. The Hall–Kier alpha value is -1.70. The summed E-state index contributed by atoms with van der Waals surface area (Å²) in [5.74, 6) is 0.0613. The molecular weight excluding hydrogens is 386 g/mol. The van der Waals surface area contributed by atoms with E-state index in [-0.39, 0.29) is 11.9 Å². The Morgan fingerprint density at radius 1 is 1.17 bits per heavy atom. The zero-order valence-electron chi connectivity index (χ0n) is 17.6. The molecule has 0 bridgehead atoms. The van der Waals surface area contributed by atoms with Gasteiger partial charge in [-0.05, 0) is 58.1 Å². The van der Waals surface area contributed by atoms with Crippen LogP contribution in [0.25, 0.3) is 0 Å². The second kappa shape index (κ2) is 9.87. The molecule has 7 heteroatoms. The summed E-state index contributed by atoms with van der Waals surface area (Å²) in [7, 11) is -3.46. The van der Waals surface area contributed by atoms with Crippen LogP contribution in [0, 0.1) is 6.92 Å². The van der Waals surface area contributed by atoms with Crippen molar-refractivity contribution in [2.75, 3.05) is 32.7 Å². The van der Waals surface area contributed by atoms with E-state index in [1.165, 1.54) is 24.8 Å². The molecule has 1 atom stereocenters. The Labute approximate surface area is 175 Å². The third-order valence-electron chi connectivity index (χ3n) is 6.16. The Morgan fingerprint density at radius 3 is 2.48 bits per heavy atom. The molecule has 1 aromatic carbocycles. The molecule has 0 unspecified atom stereocenters. The standard InChI is InChI=1S/C22H33N3O3S/c1-18-8-10-21(11-9-18)29(27,28)25-16-14-24(15-17-25)19(2)22(26)23-13-12-20-6-4-3-5-7-20/h6,8-11,19H,3-5,7,12-17H2,1-2H3,(H,23,26)/p+1/t19-/m1/s1. The lowest BCUT2D eigenvalue weighted by Crippen LogP contribution is -3.19. The van der Waals surface area contributed by atoms with Gasteiger partial charge >= 0.3 is 0 Å². The quantitative estimate of drug-likeness (QED) is 0.653. The molecule has 1 aromatic rings. The first-order valence-electron chi connectivity index (χ1n) is 10.7. The molecule has 1 heterocycles. The van der Waals surface area contributed by atoms with Gasteiger partial charge in [0.1, 0.15) is 0 Å². The van der Waals surface area contributed by atoms with Gasteiger partial charge in [-0.3, -0.25) is 4.79 Å². The fourth-order valence-corrected chi connectivity index (χ4v) is 5.56. The largest absolute Gasteiger partial charge is 0.351 e. The van der Waals surface area contributed by atoms with Gasteiger partial charge in [-0.15, -0.1) is 0 Å². The molecule has 6 nitrogen and oxygen atoms in total. The van der Waals surface area contributed by atoms with Crippen molar-refractivity contribution in [1.29, 1.82) is 0 Å². The number of nitrogens with zero attached hydrogens (tertiary/aromatic N) is 1. The number of allylic oxidation sites excluding steroid dienone is 1. The van der Waals surface area contributed by atoms with Crippen LogP contribution in [0.4, 0.5) is 0 Å². The number of amides is 1. The zero-order valence-corrected chi connectivity index (χ0v) is 18.4. The maximum atomic E-state index is 12.8. The number of carbonyl (C=O) groups excluding carboxylic acids is 1. The van der Waals surface area contributed by atoms with E-state index in [1.807, 2.05) is 26.0 Å². The van der Waals surface area contributed by atoms with Gasteiger partial charge in [0.15, 0.2) is 6.04 Å². The second-order valence-electron chi connectivity index (χ2n) is 8.25. The van der Waals surface area contributed by atoms with E-state index in [9.17, 15) is 13.2 Å². The fraction of sp³-hybridized carbons (Fsp3) is 0.591. The van der Waals surface area contributed by atoms with Crippen molar-refractivity contribution in [2.45, 2.75) is 56.9 Å². The number of aryl methyl sites for hydroxylation is 1. The minimum Gasteiger partial charge on any atom is -0.351 e. The summed E-state index contributed by atoms with van der Waals surface area (Å²) in [4.78, 5) is 14.0. The summed E-state index contributed by atoms with van der Waals surface area (Å²) in [6.07, 6.45) is 8.13. The lowest BCUT2D eigenvalue weighted by Gasteiger charge is -2.34. The van der Waals surface area contributed by atoms with Gasteiger partial charge in [-0.1, -0.05) is 29.3 Å². The van der Waals surface area contributed by atoms with Crippen LogP contribution in [0.1, 0.15) is 44.6 Å². The van der Waals surface area contributed by atoms with Crippen LogP contribution in [-0.2, 0) is 14.8 Å². The number of quaternary nitrogens is 1. The molecule has 1 fully saturated rings. The Kier molecular flexibility index (Phi) is 7.49. The maximum Gasteiger partial charge on any atom is 0.278 e. The van der Waals surface area contributed by atoms with E-state index in [1.54, 1.807) is 16.4 Å². The first-order valence-corrected chi connectivity index (χ1v) is 12.2. The first kappa shape index (κ1) is 22.0. The minimum atomic E-state index is -3.46. The smallest absolute Gasteiger partial charge is 0.278 e. The van der Waals surface area contributed by atoms with Crippen LogP contribution >= 0.6 is 0 Å². The molecule has 0 radical (unpaired) electrons. The molecule has 3 rings (SSSR count). The van der Waals surface area contributed by atoms with Crippen molar-refractivity contribution in [3.8, 4) is 0 Å². The summed E-state index contributed by atoms with van der Waals surface area (Å²) >= 11 is 0. The summed E-state index contributed by atoms with van der Waals surface area (Å²) in [6.45, 7) is 6.74. The Morgan fingerprint density at radius 2 is 1.86 bits per heavy atom. The van der Waals surface area contributed by atoms with E-state index in [2.05, 4.69) is 11.4 Å². The van der Waals surface area contributed by atoms with Gasteiger partial charge < -0.3 is 10.2 Å². The highest BCUT2D eigenvalue weighted by molar-refractivity contribution is 7.89. The first-order chi connectivity index (χ1) is 13.9. The maximum absolute atomic E-state index is 12.8. The van der Waals surface area contributed by atoms with E-state index >= 15 is 0 Å². The minimum absolute atomic E-state index is 0.0613. The lowest BCUT2D eigenvalue weighted by molar-refractivity contribution is -0.917. The molecule has 0 saturated carbocycles. The predicted octanol–water partition coefficient (Wildman–Crippen LogP) is 1.28. The van der Waals surface area contributed by atoms with E-state index in [4.69, 9.17) is 0 Å². The monoisotopic (exact) mass is 420 g/mol. The third kappa shape index (κ3) is 5.68. The Bertz CT molecular complexity index is 825. The highest BCUT2D eigenvalue weighted by atomic mass is 32.2. The number of piperazine rings is 1. The Balaban J connectivity index is 1.47. The van der Waals surface area contributed by atoms with Crippen molar-refractivity contribution in [2.24, 2.45) is 0 Å². The van der Waals surface area contributed by atoms with Gasteiger partial charge in [0.2, 0.25) is 10.0 Å². The highest BCUT2D eigenvalue weighted by Crippen LogP contribution is 2.19. The summed E-state index contributed by atoms with van der Waals surface area (Å²) in [5, 5.41) is 3.07. The molecule has 2 N–H and O–H groups in total. The fourth-order valence-electron chi connectivity index (χ4n) is 4.12. The molecule has 1 amide bonds. The molecular formula is C22H34N3O3S+. The van der Waals surface area contributed by atoms with Crippen molar-refractivity contribution in [3.63, 3.8) is 0 Å². The number of benzene rings is 1. The van der Waals surface area contributed by atoms with E-state index in [0.717, 1.165) is 23.3 Å². The highest BCUT2D eigenvalue weighted by Gasteiger charge is 2.34. The molecule has 0 aromatic heterocycles. The predicted molar refractivity (Wildman–Crippen MR) is 114 cm³/mol. The van der Waals surface area contributed by atoms with Crippen LogP contribution in [0.15, 0.2) is 40.8 Å². The van der Waals surface area contributed by atoms with Gasteiger partial charge in [0.05, 0.1) is 31.1 Å². The number of hydrogen-bond acceptors (Lipinski definition) is 3. The van der Waals surface area contributed by atoms with Crippen LogP contribution in [0.5, 0.6) is 0 Å². The molecule has 2 aliphatic rings. The van der Waals surface area contributed by atoms with Crippen molar-refractivity contribution < 1.29 is 18.1 Å². The average Bonchev–Trinajstić information content (AvgIpc) is 2.74. The number of carbonyl (C=O) groups is 1. The van der Waals surface area contributed by atoms with Crippen molar-refractivity contribution in [1.82, 2.24) is 9.62 Å². The second-order valence-corrected chi connectivity index (χ2v) is 10.2. The van der Waals surface area contributed by atoms with Gasteiger partial charge in [0.25, 0.3) is 5.91 Å². The summed E-state index contributed by atoms with van der Waals surface area (Å²) in [6, 6.07) is 6.82. The van der Waals surface area contributed by atoms with Gasteiger partial charge in [-0.25, -0.2) is 8.42 Å². The summed E-state index contributed by atoms with van der Waals surface area (Å²) in [5.41, 5.74) is 2.50. The molecule has 0 spiro atoms. The third-order valence-corrected chi connectivity index (χ3v) is 8.07. The van der Waals surface area contributed by atoms with E-state index < -0.39 is 10.0 Å². The van der Waals surface area contributed by atoms with Crippen molar-refractivity contribution in [3.05, 3.63) is 41.5 Å². The van der Waals surface area contributed by atoms with E-state index in [0.29, 0.717) is 37.6 Å². The zero-order chi connectivity index (χ0) is 20.9. The topological polar surface area (TPSA) is 70.9 Å². The van der Waals surface area contributed by atoms with Gasteiger partial charge in [0, 0.05) is 6.54 Å². The number of rotatable bonds is 7. The molecule has 1 aliphatic carbocycles. The molecule has 1 saturated heterocycles. The number of hydrogen-bond donors (Lipinski definition) is 2. The number of sulfonamides is 1. The summed E-state index contributed by atoms with van der Waals surface area (Å²) < 4.78 is 27.2. The van der Waals surface area contributed by atoms with Crippen LogP contribution in [0.2, 0.25) is 0 Å². The van der Waals surface area contributed by atoms with Crippen LogP contribution in [-0.4, -0.2) is 57.4 Å². The molecule has 160 valence electrons. The number of nitrogens with one attached hydrogen (secondary N) is 2. The molecule has 1 aliphatic heterocycles. The van der Waals surface area contributed by atoms with Crippen LogP contribution in [0.3, 0.4) is 0 Å². The normalized spacial score (nSPS) is 20.1. The van der Waals surface area contributed by atoms with Gasteiger partial charge in [-0.2, -0.15) is 4.31 Å². The average molecular weight is 421 g/mol.